The van der Waals surface area contributed by atoms with Gasteiger partial charge in [-0.15, -0.1) is 0 Å². The van der Waals surface area contributed by atoms with Crippen LogP contribution in [0.3, 0.4) is 0 Å². The van der Waals surface area contributed by atoms with Crippen LogP contribution in [0.1, 0.15) is 252 Å². The summed E-state index contributed by atoms with van der Waals surface area (Å²) in [5.41, 5.74) is 0. The van der Waals surface area contributed by atoms with Crippen LogP contribution in [-0.4, -0.2) is 37.2 Å². The summed E-state index contributed by atoms with van der Waals surface area (Å²) >= 11 is 0. The zero-order chi connectivity index (χ0) is 48.6. The van der Waals surface area contributed by atoms with Gasteiger partial charge in [0, 0.05) is 19.3 Å². The first kappa shape index (κ1) is 63.3. The summed E-state index contributed by atoms with van der Waals surface area (Å²) in [6, 6.07) is 0. The Bertz CT molecular complexity index is 1350. The average Bonchev–Trinajstić information content (AvgIpc) is 3.33. The Labute approximate surface area is 413 Å². The molecule has 382 valence electrons. The second kappa shape index (κ2) is 54.9. The number of rotatable bonds is 49. The average molecular weight is 931 g/mol. The van der Waals surface area contributed by atoms with Crippen molar-refractivity contribution < 1.29 is 28.6 Å². The lowest BCUT2D eigenvalue weighted by Crippen LogP contribution is -2.30. The van der Waals surface area contributed by atoms with Crippen molar-refractivity contribution in [3.05, 3.63) is 97.2 Å². The smallest absolute Gasteiger partial charge is 0.306 e. The predicted molar refractivity (Wildman–Crippen MR) is 288 cm³/mol. The molecule has 0 rings (SSSR count). The van der Waals surface area contributed by atoms with Crippen molar-refractivity contribution in [2.45, 2.75) is 258 Å². The van der Waals surface area contributed by atoms with Gasteiger partial charge in [0.05, 0.1) is 0 Å². The van der Waals surface area contributed by atoms with Crippen molar-refractivity contribution in [3.63, 3.8) is 0 Å². The van der Waals surface area contributed by atoms with E-state index in [2.05, 4.69) is 99.8 Å². The number of carbonyl (C=O) groups is 3. The number of esters is 3. The fourth-order valence-electron chi connectivity index (χ4n) is 7.49. The summed E-state index contributed by atoms with van der Waals surface area (Å²) in [5.74, 6) is -0.931. The minimum atomic E-state index is -0.797. The molecule has 0 radical (unpaired) electrons. The highest BCUT2D eigenvalue weighted by Gasteiger charge is 2.19. The van der Waals surface area contributed by atoms with E-state index < -0.39 is 6.10 Å². The van der Waals surface area contributed by atoms with Gasteiger partial charge in [0.1, 0.15) is 13.2 Å². The lowest BCUT2D eigenvalue weighted by Gasteiger charge is -2.18. The van der Waals surface area contributed by atoms with E-state index in [4.69, 9.17) is 14.2 Å². The van der Waals surface area contributed by atoms with E-state index in [1.54, 1.807) is 0 Å². The highest BCUT2D eigenvalue weighted by atomic mass is 16.6. The van der Waals surface area contributed by atoms with Crippen molar-refractivity contribution in [3.8, 4) is 0 Å². The molecule has 0 N–H and O–H groups in total. The van der Waals surface area contributed by atoms with Gasteiger partial charge in [-0.1, -0.05) is 240 Å². The van der Waals surface area contributed by atoms with Gasteiger partial charge in [-0.2, -0.15) is 0 Å². The Morgan fingerprint density at radius 2 is 0.582 bits per heavy atom. The standard InChI is InChI=1S/C61H102O6/c1-4-7-10-13-16-19-22-25-28-29-30-31-34-36-39-42-45-48-51-54-60(63)66-57-58(67-61(64)55-52-49-46-43-40-37-33-27-24-21-18-15-12-9-6-3)56-65-59(62)53-50-47-44-41-38-35-32-26-23-20-17-14-11-8-5-2/h9,12,15-27,33,58H,4-8,10-11,13-14,28-32,34-57H2,1-3H3/b12-9-,18-15-,19-16-,20-17-,24-21-,25-22-,26-23-,33-27-. The maximum atomic E-state index is 12.8. The lowest BCUT2D eigenvalue weighted by molar-refractivity contribution is -0.167. The van der Waals surface area contributed by atoms with E-state index in [0.29, 0.717) is 19.3 Å². The topological polar surface area (TPSA) is 78.9 Å². The molecule has 0 amide bonds. The molecule has 0 spiro atoms. The first-order valence-corrected chi connectivity index (χ1v) is 27.8. The van der Waals surface area contributed by atoms with Crippen LogP contribution in [0.5, 0.6) is 0 Å². The molecule has 0 saturated heterocycles. The molecule has 0 heterocycles. The molecule has 67 heavy (non-hydrogen) atoms. The van der Waals surface area contributed by atoms with Crippen LogP contribution in [0.2, 0.25) is 0 Å². The van der Waals surface area contributed by atoms with E-state index in [1.807, 2.05) is 18.2 Å². The maximum Gasteiger partial charge on any atom is 0.306 e. The normalized spacial score (nSPS) is 12.8. The molecule has 0 aliphatic carbocycles. The summed E-state index contributed by atoms with van der Waals surface area (Å²) < 4.78 is 16.8. The fourth-order valence-corrected chi connectivity index (χ4v) is 7.49. The number of carbonyl (C=O) groups excluding carboxylic acids is 3. The van der Waals surface area contributed by atoms with Crippen LogP contribution in [-0.2, 0) is 28.6 Å². The lowest BCUT2D eigenvalue weighted by atomic mass is 10.1. The molecular weight excluding hydrogens is 829 g/mol. The molecule has 1 unspecified atom stereocenters. The summed E-state index contributed by atoms with van der Waals surface area (Å²) in [6.07, 6.45) is 72.4. The third-order valence-electron chi connectivity index (χ3n) is 11.7. The molecule has 1 atom stereocenters. The molecule has 0 aliphatic rings. The van der Waals surface area contributed by atoms with Crippen LogP contribution >= 0.6 is 0 Å². The van der Waals surface area contributed by atoms with Crippen molar-refractivity contribution in [2.75, 3.05) is 13.2 Å². The quantitative estimate of drug-likeness (QED) is 0.0262. The molecular formula is C61H102O6. The molecule has 0 saturated carbocycles. The molecule has 0 fully saturated rings. The molecule has 6 nitrogen and oxygen atoms in total. The van der Waals surface area contributed by atoms with Crippen LogP contribution < -0.4 is 0 Å². The Morgan fingerprint density at radius 3 is 0.925 bits per heavy atom. The first-order chi connectivity index (χ1) is 33.0. The zero-order valence-corrected chi connectivity index (χ0v) is 43.6. The minimum Gasteiger partial charge on any atom is -0.462 e. The number of hydrogen-bond donors (Lipinski definition) is 0. The van der Waals surface area contributed by atoms with Gasteiger partial charge in [0.25, 0.3) is 0 Å². The predicted octanol–water partition coefficient (Wildman–Crippen LogP) is 18.5. The highest BCUT2D eigenvalue weighted by Crippen LogP contribution is 2.15. The Morgan fingerprint density at radius 1 is 0.313 bits per heavy atom. The molecule has 6 heteroatoms. The van der Waals surface area contributed by atoms with E-state index in [9.17, 15) is 14.4 Å². The van der Waals surface area contributed by atoms with Gasteiger partial charge < -0.3 is 14.2 Å². The molecule has 0 aromatic rings. The Kier molecular flexibility index (Phi) is 51.9. The summed E-state index contributed by atoms with van der Waals surface area (Å²) in [5, 5.41) is 0. The number of unbranched alkanes of at least 4 members (excludes halogenated alkanes) is 27. The van der Waals surface area contributed by atoms with Gasteiger partial charge >= 0.3 is 17.9 Å². The van der Waals surface area contributed by atoms with E-state index in [-0.39, 0.29) is 31.1 Å². The monoisotopic (exact) mass is 931 g/mol. The van der Waals surface area contributed by atoms with Crippen molar-refractivity contribution >= 4 is 17.9 Å². The van der Waals surface area contributed by atoms with E-state index >= 15 is 0 Å². The third-order valence-corrected chi connectivity index (χ3v) is 11.7. The first-order valence-electron chi connectivity index (χ1n) is 27.8. The summed E-state index contributed by atoms with van der Waals surface area (Å²) in [4.78, 5) is 38.1. The van der Waals surface area contributed by atoms with Crippen LogP contribution in [0.15, 0.2) is 97.2 Å². The second-order valence-corrected chi connectivity index (χ2v) is 18.3. The van der Waals surface area contributed by atoms with E-state index in [0.717, 1.165) is 89.9 Å². The van der Waals surface area contributed by atoms with Crippen LogP contribution in [0.25, 0.3) is 0 Å². The van der Waals surface area contributed by atoms with E-state index in [1.165, 1.54) is 122 Å². The number of hydrogen-bond acceptors (Lipinski definition) is 6. The van der Waals surface area contributed by atoms with Gasteiger partial charge in [0.2, 0.25) is 0 Å². The number of allylic oxidation sites excluding steroid dienone is 16. The van der Waals surface area contributed by atoms with Crippen molar-refractivity contribution in [1.82, 2.24) is 0 Å². The van der Waals surface area contributed by atoms with Gasteiger partial charge in [-0.25, -0.2) is 0 Å². The van der Waals surface area contributed by atoms with Crippen molar-refractivity contribution in [2.24, 2.45) is 0 Å². The Balaban J connectivity index is 4.43. The van der Waals surface area contributed by atoms with Gasteiger partial charge in [-0.05, 0) is 89.9 Å². The Hall–Kier alpha value is -3.67. The van der Waals surface area contributed by atoms with Gasteiger partial charge in [-0.3, -0.25) is 14.4 Å². The molecule has 0 aliphatic heterocycles. The maximum absolute atomic E-state index is 12.8. The summed E-state index contributed by atoms with van der Waals surface area (Å²) in [7, 11) is 0. The highest BCUT2D eigenvalue weighted by molar-refractivity contribution is 5.71. The zero-order valence-electron chi connectivity index (χ0n) is 43.6. The third kappa shape index (κ3) is 53.2. The minimum absolute atomic E-state index is 0.0936. The molecule has 0 aromatic carbocycles. The fraction of sp³-hybridized carbons (Fsp3) is 0.689. The van der Waals surface area contributed by atoms with Gasteiger partial charge in [0.15, 0.2) is 6.10 Å². The largest absolute Gasteiger partial charge is 0.462 e. The number of ether oxygens (including phenoxy) is 3. The van der Waals surface area contributed by atoms with Crippen molar-refractivity contribution in [1.29, 1.82) is 0 Å². The van der Waals surface area contributed by atoms with Crippen LogP contribution in [0.4, 0.5) is 0 Å². The summed E-state index contributed by atoms with van der Waals surface area (Å²) in [6.45, 7) is 6.41. The van der Waals surface area contributed by atoms with Crippen LogP contribution in [0, 0.1) is 0 Å². The molecule has 0 aromatic heterocycles. The SMILES string of the molecule is CC\C=C/C=C\C=C/C=C\CCCCCCCC(=O)OC(COC(=O)CCCCCCCC/C=C\C=C/CCCCC)COC(=O)CCCCCCCCCCCC/C=C\C=C/CCCCC. The second-order valence-electron chi connectivity index (χ2n) is 18.3. The molecule has 0 bridgehead atoms.